The Balaban J connectivity index is 1.82. The first-order valence-corrected chi connectivity index (χ1v) is 7.35. The van der Waals surface area contributed by atoms with Gasteiger partial charge in [0.25, 0.3) is 5.91 Å². The molecule has 0 atom stereocenters. The predicted molar refractivity (Wildman–Crippen MR) is 93.8 cm³/mol. The molecule has 25 heavy (non-hydrogen) atoms. The number of hydrogen-bond donors (Lipinski definition) is 2. The number of hydrazone groups is 1. The second-order valence-electron chi connectivity index (χ2n) is 5.20. The van der Waals surface area contributed by atoms with Gasteiger partial charge in [-0.05, 0) is 22.9 Å². The standard InChI is InChI=1S/C18H13N3O4/c22-17-13(7-4-10-16(17)21(24)25)11-19-20-18(23)15-9-3-6-12-5-1-2-8-14(12)15/h1-11,22H,(H,20,23). The van der Waals surface area contributed by atoms with Crippen molar-refractivity contribution in [3.63, 3.8) is 0 Å². The molecule has 1 amide bonds. The first-order valence-electron chi connectivity index (χ1n) is 7.35. The molecule has 0 radical (unpaired) electrons. The second kappa shape index (κ2) is 6.79. The molecule has 2 N–H and O–H groups in total. The molecule has 0 heterocycles. The van der Waals surface area contributed by atoms with Gasteiger partial charge in [0.05, 0.1) is 11.1 Å². The Bertz CT molecular complexity index is 993. The zero-order valence-electron chi connectivity index (χ0n) is 12.9. The smallest absolute Gasteiger partial charge is 0.311 e. The van der Waals surface area contributed by atoms with Gasteiger partial charge in [-0.1, -0.05) is 42.5 Å². The number of nitro benzene ring substituents is 1. The van der Waals surface area contributed by atoms with Crippen LogP contribution in [0.1, 0.15) is 15.9 Å². The summed E-state index contributed by atoms with van der Waals surface area (Å²) in [5, 5.41) is 26.1. The van der Waals surface area contributed by atoms with E-state index in [1.165, 1.54) is 18.2 Å². The number of carbonyl (C=O) groups excluding carboxylic acids is 1. The highest BCUT2D eigenvalue weighted by Gasteiger charge is 2.15. The molecule has 7 heteroatoms. The number of benzene rings is 3. The largest absolute Gasteiger partial charge is 0.502 e. The van der Waals surface area contributed by atoms with Crippen molar-refractivity contribution in [2.45, 2.75) is 0 Å². The monoisotopic (exact) mass is 335 g/mol. The van der Waals surface area contributed by atoms with Crippen LogP contribution in [0.5, 0.6) is 5.75 Å². The first kappa shape index (κ1) is 16.1. The molecule has 0 unspecified atom stereocenters. The van der Waals surface area contributed by atoms with Crippen molar-refractivity contribution in [3.8, 4) is 5.75 Å². The molecule has 0 fully saturated rings. The number of fused-ring (bicyclic) bond motifs is 1. The van der Waals surface area contributed by atoms with E-state index in [4.69, 9.17) is 0 Å². The van der Waals surface area contributed by atoms with Crippen LogP contribution in [-0.2, 0) is 0 Å². The van der Waals surface area contributed by atoms with Gasteiger partial charge in [-0.3, -0.25) is 14.9 Å². The van der Waals surface area contributed by atoms with Gasteiger partial charge in [-0.15, -0.1) is 0 Å². The number of amides is 1. The maximum atomic E-state index is 12.3. The van der Waals surface area contributed by atoms with E-state index >= 15 is 0 Å². The van der Waals surface area contributed by atoms with Crippen LogP contribution in [0.3, 0.4) is 0 Å². The lowest BCUT2D eigenvalue weighted by Crippen LogP contribution is -2.17. The van der Waals surface area contributed by atoms with E-state index in [1.807, 2.05) is 30.3 Å². The van der Waals surface area contributed by atoms with Gasteiger partial charge in [-0.2, -0.15) is 5.10 Å². The number of phenolic OH excluding ortho intramolecular Hbond substituents is 1. The van der Waals surface area contributed by atoms with Crippen molar-refractivity contribution in [2.75, 3.05) is 0 Å². The Morgan fingerprint density at radius 1 is 1.08 bits per heavy atom. The molecule has 7 nitrogen and oxygen atoms in total. The minimum Gasteiger partial charge on any atom is -0.502 e. The third-order valence-electron chi connectivity index (χ3n) is 3.65. The fourth-order valence-corrected chi connectivity index (χ4v) is 2.44. The average molecular weight is 335 g/mol. The highest BCUT2D eigenvalue weighted by atomic mass is 16.6. The summed E-state index contributed by atoms with van der Waals surface area (Å²) in [6, 6.07) is 16.9. The Kier molecular flexibility index (Phi) is 4.38. The van der Waals surface area contributed by atoms with Gasteiger partial charge in [0.15, 0.2) is 0 Å². The number of phenols is 1. The number of nitrogens with one attached hydrogen (secondary N) is 1. The highest BCUT2D eigenvalue weighted by molar-refractivity contribution is 6.07. The summed E-state index contributed by atoms with van der Waals surface area (Å²) in [6.45, 7) is 0. The molecular formula is C18H13N3O4. The number of hydrogen-bond acceptors (Lipinski definition) is 5. The van der Waals surface area contributed by atoms with Gasteiger partial charge in [0.1, 0.15) is 0 Å². The van der Waals surface area contributed by atoms with Crippen LogP contribution in [-0.4, -0.2) is 22.2 Å². The highest BCUT2D eigenvalue weighted by Crippen LogP contribution is 2.27. The van der Waals surface area contributed by atoms with Crippen molar-refractivity contribution in [1.29, 1.82) is 0 Å². The number of rotatable bonds is 4. The molecule has 0 spiro atoms. The van der Waals surface area contributed by atoms with Crippen molar-refractivity contribution >= 4 is 28.6 Å². The van der Waals surface area contributed by atoms with Crippen molar-refractivity contribution in [1.82, 2.24) is 5.43 Å². The Hall–Kier alpha value is -3.74. The summed E-state index contributed by atoms with van der Waals surface area (Å²) in [6.07, 6.45) is 1.16. The summed E-state index contributed by atoms with van der Waals surface area (Å²) in [5.74, 6) is -0.923. The van der Waals surface area contributed by atoms with E-state index < -0.39 is 22.3 Å². The first-order chi connectivity index (χ1) is 12.1. The van der Waals surface area contributed by atoms with Crippen LogP contribution in [0, 0.1) is 10.1 Å². The van der Waals surface area contributed by atoms with Crippen molar-refractivity contribution < 1.29 is 14.8 Å². The molecule has 0 bridgehead atoms. The zero-order valence-corrected chi connectivity index (χ0v) is 12.9. The lowest BCUT2D eigenvalue weighted by Gasteiger charge is -2.05. The van der Waals surface area contributed by atoms with Crippen LogP contribution in [0.15, 0.2) is 65.8 Å². The van der Waals surface area contributed by atoms with Crippen LogP contribution in [0.4, 0.5) is 5.69 Å². The molecule has 0 aromatic heterocycles. The number of aromatic hydroxyl groups is 1. The molecule has 3 aromatic carbocycles. The van der Waals surface area contributed by atoms with Gasteiger partial charge in [0.2, 0.25) is 5.75 Å². The summed E-state index contributed by atoms with van der Waals surface area (Å²) in [4.78, 5) is 22.4. The minimum absolute atomic E-state index is 0.132. The molecule has 0 aliphatic heterocycles. The summed E-state index contributed by atoms with van der Waals surface area (Å²) < 4.78 is 0. The number of para-hydroxylation sites is 1. The molecule has 0 aliphatic rings. The van der Waals surface area contributed by atoms with E-state index in [1.54, 1.807) is 12.1 Å². The quantitative estimate of drug-likeness (QED) is 0.434. The van der Waals surface area contributed by atoms with E-state index in [2.05, 4.69) is 10.5 Å². The Morgan fingerprint density at radius 3 is 2.60 bits per heavy atom. The number of carbonyl (C=O) groups is 1. The molecule has 3 aromatic rings. The van der Waals surface area contributed by atoms with E-state index in [0.29, 0.717) is 5.56 Å². The summed E-state index contributed by atoms with van der Waals surface area (Å²) >= 11 is 0. The number of nitro groups is 1. The summed E-state index contributed by atoms with van der Waals surface area (Å²) in [5.41, 5.74) is 2.53. The third-order valence-corrected chi connectivity index (χ3v) is 3.65. The fourth-order valence-electron chi connectivity index (χ4n) is 2.44. The third kappa shape index (κ3) is 3.30. The molecule has 0 aliphatic carbocycles. The Labute approximate surface area is 142 Å². The van der Waals surface area contributed by atoms with Crippen LogP contribution in [0.25, 0.3) is 10.8 Å². The maximum absolute atomic E-state index is 12.3. The molecule has 0 saturated heterocycles. The van der Waals surface area contributed by atoms with E-state index in [0.717, 1.165) is 17.0 Å². The van der Waals surface area contributed by atoms with E-state index in [-0.39, 0.29) is 5.56 Å². The molecular weight excluding hydrogens is 322 g/mol. The van der Waals surface area contributed by atoms with E-state index in [9.17, 15) is 20.0 Å². The average Bonchev–Trinajstić information content (AvgIpc) is 2.62. The molecule has 0 saturated carbocycles. The maximum Gasteiger partial charge on any atom is 0.311 e. The van der Waals surface area contributed by atoms with Gasteiger partial charge < -0.3 is 5.11 Å². The molecule has 124 valence electrons. The summed E-state index contributed by atoms with van der Waals surface area (Å²) in [7, 11) is 0. The van der Waals surface area contributed by atoms with Crippen molar-refractivity contribution in [3.05, 3.63) is 81.9 Å². The lowest BCUT2D eigenvalue weighted by atomic mass is 10.0. The van der Waals surface area contributed by atoms with Gasteiger partial charge >= 0.3 is 5.69 Å². The zero-order chi connectivity index (χ0) is 17.8. The van der Waals surface area contributed by atoms with Gasteiger partial charge in [0, 0.05) is 17.2 Å². The van der Waals surface area contributed by atoms with Crippen LogP contribution in [0.2, 0.25) is 0 Å². The van der Waals surface area contributed by atoms with Gasteiger partial charge in [-0.25, -0.2) is 5.43 Å². The minimum atomic E-state index is -0.693. The fraction of sp³-hybridized carbons (Fsp3) is 0. The second-order valence-corrected chi connectivity index (χ2v) is 5.20. The number of nitrogens with zero attached hydrogens (tertiary/aromatic N) is 2. The molecule has 3 rings (SSSR count). The van der Waals surface area contributed by atoms with Crippen LogP contribution >= 0.6 is 0 Å². The normalized spacial score (nSPS) is 10.9. The predicted octanol–water partition coefficient (Wildman–Crippen LogP) is 3.22. The van der Waals surface area contributed by atoms with Crippen LogP contribution < -0.4 is 5.43 Å². The topological polar surface area (TPSA) is 105 Å². The lowest BCUT2D eigenvalue weighted by molar-refractivity contribution is -0.385. The SMILES string of the molecule is O=C(NN=Cc1cccc([N+](=O)[O-])c1O)c1cccc2ccccc12. The Morgan fingerprint density at radius 2 is 1.80 bits per heavy atom. The van der Waals surface area contributed by atoms with Crippen molar-refractivity contribution in [2.24, 2.45) is 5.10 Å².